The molecule has 0 saturated heterocycles. The molecule has 186 valence electrons. The second-order valence-electron chi connectivity index (χ2n) is 8.63. The number of aromatic nitrogens is 2. The van der Waals surface area contributed by atoms with Crippen molar-refractivity contribution in [1.29, 1.82) is 0 Å². The Kier molecular flexibility index (Phi) is 7.06. The van der Waals surface area contributed by atoms with Gasteiger partial charge in [0.15, 0.2) is 5.65 Å². The van der Waals surface area contributed by atoms with Crippen LogP contribution in [-0.4, -0.2) is 9.71 Å². The fourth-order valence-electron chi connectivity index (χ4n) is 4.29. The van der Waals surface area contributed by atoms with Crippen molar-refractivity contribution < 1.29 is 14.1 Å². The highest BCUT2D eigenvalue weighted by atomic mass is 32.2. The van der Waals surface area contributed by atoms with Crippen LogP contribution in [0.4, 0.5) is 0 Å². The van der Waals surface area contributed by atoms with Crippen molar-refractivity contribution in [2.45, 2.75) is 11.5 Å². The molecule has 0 aliphatic carbocycles. The van der Waals surface area contributed by atoms with Gasteiger partial charge in [-0.05, 0) is 47.0 Å². The van der Waals surface area contributed by atoms with E-state index >= 15 is 0 Å². The van der Waals surface area contributed by atoms with Crippen LogP contribution in [0.15, 0.2) is 139 Å². The smallest absolute Gasteiger partial charge is 0.179 e. The number of fused-ring (bicyclic) bond motifs is 1. The molecule has 0 bridgehead atoms. The van der Waals surface area contributed by atoms with Gasteiger partial charge >= 0.3 is 0 Å². The van der Waals surface area contributed by atoms with Gasteiger partial charge in [-0.3, -0.25) is 0 Å². The first-order chi connectivity index (χ1) is 18.8. The number of hydrogen-bond acceptors (Lipinski definition) is 5. The van der Waals surface area contributed by atoms with E-state index in [1.165, 1.54) is 0 Å². The van der Waals surface area contributed by atoms with Gasteiger partial charge in [0, 0.05) is 27.6 Å². The van der Waals surface area contributed by atoms with Crippen LogP contribution in [0.25, 0.3) is 33.3 Å². The van der Waals surface area contributed by atoms with Gasteiger partial charge in [0.2, 0.25) is 0 Å². The van der Waals surface area contributed by atoms with E-state index < -0.39 is 0 Å². The molecule has 0 atom stereocenters. The molecular weight excluding hydrogens is 492 g/mol. The van der Waals surface area contributed by atoms with Crippen molar-refractivity contribution in [3.63, 3.8) is 0 Å². The highest BCUT2D eigenvalue weighted by Crippen LogP contribution is 2.35. The maximum absolute atomic E-state index is 6.10. The predicted molar refractivity (Wildman–Crippen MR) is 151 cm³/mol. The SMILES string of the molecule is c1ccc(OCc2ccccc2-c2cn(OOSc3ccccc3)c3ncc(-c4ccccc4)cc23)cc1. The van der Waals surface area contributed by atoms with Crippen molar-refractivity contribution in [2.24, 2.45) is 0 Å². The summed E-state index contributed by atoms with van der Waals surface area (Å²) < 4.78 is 13.2. The lowest BCUT2D eigenvalue weighted by atomic mass is 9.98. The average molecular weight is 517 g/mol. The Balaban J connectivity index is 1.38. The highest BCUT2D eigenvalue weighted by Gasteiger charge is 2.17. The van der Waals surface area contributed by atoms with Crippen molar-refractivity contribution in [1.82, 2.24) is 9.71 Å². The molecular formula is C32H24N2O3S. The molecule has 0 spiro atoms. The Morgan fingerprint density at radius 3 is 2.16 bits per heavy atom. The first-order valence-electron chi connectivity index (χ1n) is 12.2. The summed E-state index contributed by atoms with van der Waals surface area (Å²) in [7, 11) is 0. The molecule has 0 amide bonds. The summed E-state index contributed by atoms with van der Waals surface area (Å²) in [6.45, 7) is 0.430. The molecule has 0 fully saturated rings. The van der Waals surface area contributed by atoms with Crippen LogP contribution in [0.1, 0.15) is 5.56 Å². The van der Waals surface area contributed by atoms with E-state index in [0.29, 0.717) is 12.3 Å². The van der Waals surface area contributed by atoms with Crippen LogP contribution >= 0.6 is 12.0 Å². The van der Waals surface area contributed by atoms with Gasteiger partial charge in [-0.1, -0.05) is 95.3 Å². The van der Waals surface area contributed by atoms with Gasteiger partial charge in [0.1, 0.15) is 12.4 Å². The number of para-hydroxylation sites is 1. The lowest BCUT2D eigenvalue weighted by molar-refractivity contribution is -0.188. The Hall–Kier alpha value is -4.52. The fraction of sp³-hybridized carbons (Fsp3) is 0.0312. The fourth-order valence-corrected chi connectivity index (χ4v) is 4.73. The van der Waals surface area contributed by atoms with E-state index in [4.69, 9.17) is 19.0 Å². The van der Waals surface area contributed by atoms with Crippen molar-refractivity contribution in [3.05, 3.63) is 139 Å². The minimum absolute atomic E-state index is 0.430. The second kappa shape index (κ2) is 11.3. The summed E-state index contributed by atoms with van der Waals surface area (Å²) in [6, 6.07) is 40.2. The van der Waals surface area contributed by atoms with E-state index in [1.807, 2.05) is 103 Å². The Bertz CT molecular complexity index is 1640. The molecule has 2 aromatic heterocycles. The first-order valence-corrected chi connectivity index (χ1v) is 13.0. The van der Waals surface area contributed by atoms with Gasteiger partial charge in [0.25, 0.3) is 0 Å². The number of pyridine rings is 1. The van der Waals surface area contributed by atoms with Gasteiger partial charge in [-0.15, -0.1) is 4.73 Å². The Morgan fingerprint density at radius 2 is 1.37 bits per heavy atom. The van der Waals surface area contributed by atoms with E-state index in [0.717, 1.165) is 55.9 Å². The highest BCUT2D eigenvalue weighted by molar-refractivity contribution is 7.94. The summed E-state index contributed by atoms with van der Waals surface area (Å²) >= 11 is 1.15. The zero-order valence-electron chi connectivity index (χ0n) is 20.4. The maximum Gasteiger partial charge on any atom is 0.179 e. The second-order valence-corrected chi connectivity index (χ2v) is 9.40. The molecule has 5 nitrogen and oxygen atoms in total. The van der Waals surface area contributed by atoms with Crippen LogP contribution in [0.2, 0.25) is 0 Å². The number of hydrogen-bond donors (Lipinski definition) is 0. The summed E-state index contributed by atoms with van der Waals surface area (Å²) in [5, 5.41) is 0.951. The molecule has 6 rings (SSSR count). The zero-order valence-corrected chi connectivity index (χ0v) is 21.3. The summed E-state index contributed by atoms with van der Waals surface area (Å²) in [4.78, 5) is 11.4. The number of nitrogens with zero attached hydrogens (tertiary/aromatic N) is 2. The lowest BCUT2D eigenvalue weighted by Crippen LogP contribution is -2.07. The van der Waals surface area contributed by atoms with E-state index in [9.17, 15) is 0 Å². The average Bonchev–Trinajstić information content (AvgIpc) is 3.35. The van der Waals surface area contributed by atoms with Crippen LogP contribution in [0.3, 0.4) is 0 Å². The van der Waals surface area contributed by atoms with Gasteiger partial charge in [-0.2, -0.15) is 0 Å². The maximum atomic E-state index is 6.10. The van der Waals surface area contributed by atoms with E-state index in [1.54, 1.807) is 4.73 Å². The zero-order chi connectivity index (χ0) is 25.6. The van der Waals surface area contributed by atoms with E-state index in [2.05, 4.69) is 30.3 Å². The minimum atomic E-state index is 0.430. The van der Waals surface area contributed by atoms with Crippen molar-refractivity contribution >= 4 is 23.1 Å². The molecule has 38 heavy (non-hydrogen) atoms. The molecule has 2 heterocycles. The van der Waals surface area contributed by atoms with Gasteiger partial charge in [-0.25, -0.2) is 9.97 Å². The summed E-state index contributed by atoms with van der Waals surface area (Å²) in [5.74, 6) is 0.826. The third-order valence-corrected chi connectivity index (χ3v) is 6.74. The molecule has 6 aromatic rings. The quantitative estimate of drug-likeness (QED) is 0.111. The number of ether oxygens (including phenoxy) is 1. The molecule has 0 aliphatic heterocycles. The third-order valence-electron chi connectivity index (χ3n) is 6.15. The topological polar surface area (TPSA) is 45.5 Å². The summed E-state index contributed by atoms with van der Waals surface area (Å²) in [6.07, 6.45) is 3.77. The molecule has 6 heteroatoms. The van der Waals surface area contributed by atoms with Gasteiger partial charge < -0.3 is 4.74 Å². The Morgan fingerprint density at radius 1 is 0.684 bits per heavy atom. The molecule has 0 aliphatic rings. The van der Waals surface area contributed by atoms with Crippen molar-refractivity contribution in [2.75, 3.05) is 0 Å². The molecule has 0 radical (unpaired) electrons. The number of benzene rings is 4. The van der Waals surface area contributed by atoms with Crippen molar-refractivity contribution in [3.8, 4) is 28.0 Å². The molecule has 4 aromatic carbocycles. The lowest BCUT2D eigenvalue weighted by Gasteiger charge is -2.11. The largest absolute Gasteiger partial charge is 0.489 e. The van der Waals surface area contributed by atoms with Crippen LogP contribution in [0.5, 0.6) is 5.75 Å². The molecule has 0 unspecified atom stereocenters. The molecule has 0 N–H and O–H groups in total. The first kappa shape index (κ1) is 23.9. The van der Waals surface area contributed by atoms with Gasteiger partial charge in [0.05, 0.1) is 18.2 Å². The minimum Gasteiger partial charge on any atom is -0.489 e. The van der Waals surface area contributed by atoms with Crippen LogP contribution < -0.4 is 9.73 Å². The normalized spacial score (nSPS) is 10.9. The standard InChI is InChI=1S/C32H24N2O3S/c1-4-12-24(13-5-1)26-20-30-31(29-19-11-10-14-25(29)23-35-27-15-6-2-7-16-27)22-34(32(30)33-21-26)36-37-38-28-17-8-3-9-18-28/h1-22H,23H2. The third kappa shape index (κ3) is 5.27. The summed E-state index contributed by atoms with van der Waals surface area (Å²) in [5.41, 5.74) is 5.85. The van der Waals surface area contributed by atoms with E-state index in [-0.39, 0.29) is 0 Å². The monoisotopic (exact) mass is 516 g/mol. The number of rotatable bonds is 9. The van der Waals surface area contributed by atoms with Crippen LogP contribution in [-0.2, 0) is 10.9 Å². The van der Waals surface area contributed by atoms with Crippen LogP contribution in [0, 0.1) is 0 Å². The predicted octanol–water partition coefficient (Wildman–Crippen LogP) is 8.02. The molecule has 0 saturated carbocycles. The Labute approximate surface area is 225 Å².